The highest BCUT2D eigenvalue weighted by atomic mass is 32.2. The van der Waals surface area contributed by atoms with Gasteiger partial charge in [-0.25, -0.2) is 4.98 Å². The van der Waals surface area contributed by atoms with Gasteiger partial charge < -0.3 is 25.2 Å². The Labute approximate surface area is 182 Å². The third-order valence-electron chi connectivity index (χ3n) is 5.44. The Bertz CT molecular complexity index is 1160. The summed E-state index contributed by atoms with van der Waals surface area (Å²) in [5, 5.41) is 30.1. The molecule has 3 heterocycles. The van der Waals surface area contributed by atoms with Crippen molar-refractivity contribution in [3.63, 3.8) is 0 Å². The van der Waals surface area contributed by atoms with Gasteiger partial charge in [-0.1, -0.05) is 11.2 Å². The van der Waals surface area contributed by atoms with Gasteiger partial charge in [0.15, 0.2) is 5.65 Å². The minimum absolute atomic E-state index is 0.309. The van der Waals surface area contributed by atoms with Crippen LogP contribution in [0.2, 0.25) is 0 Å². The lowest BCUT2D eigenvalue weighted by molar-refractivity contribution is 0.142. The molecule has 1 saturated heterocycles. The van der Waals surface area contributed by atoms with Gasteiger partial charge in [0, 0.05) is 42.1 Å². The van der Waals surface area contributed by atoms with Crippen LogP contribution in [-0.2, 0) is 16.9 Å². The van der Waals surface area contributed by atoms with Crippen LogP contribution in [-0.4, -0.2) is 55.7 Å². The molecule has 3 N–H and O–H groups in total. The highest BCUT2D eigenvalue weighted by molar-refractivity contribution is 7.89. The molecule has 2 fully saturated rings. The molecule has 1 atom stereocenters. The van der Waals surface area contributed by atoms with E-state index in [1.807, 2.05) is 24.3 Å². The highest BCUT2D eigenvalue weighted by Crippen LogP contribution is 2.32. The van der Waals surface area contributed by atoms with Gasteiger partial charge in [0.1, 0.15) is 29.0 Å². The molecule has 2 aliphatic rings. The summed E-state index contributed by atoms with van der Waals surface area (Å²) in [5.41, 5.74) is 3.68. The molecule has 0 spiro atoms. The predicted molar refractivity (Wildman–Crippen MR) is 120 cm³/mol. The average Bonchev–Trinajstić information content (AvgIpc) is 3.42. The first kappa shape index (κ1) is 19.9. The van der Waals surface area contributed by atoms with E-state index >= 15 is 0 Å². The monoisotopic (exact) mass is 437 g/mol. The van der Waals surface area contributed by atoms with Gasteiger partial charge >= 0.3 is 0 Å². The van der Waals surface area contributed by atoms with Gasteiger partial charge in [-0.05, 0) is 31.0 Å². The second kappa shape index (κ2) is 7.92. The van der Waals surface area contributed by atoms with Gasteiger partial charge in [-0.2, -0.15) is 14.9 Å². The van der Waals surface area contributed by atoms with Crippen molar-refractivity contribution in [3.8, 4) is 6.07 Å². The van der Waals surface area contributed by atoms with Gasteiger partial charge in [-0.15, -0.1) is 0 Å². The molecule has 0 amide bonds. The summed E-state index contributed by atoms with van der Waals surface area (Å²) in [4.78, 5) is 6.69. The van der Waals surface area contributed by atoms with Crippen molar-refractivity contribution in [2.45, 2.75) is 30.7 Å². The van der Waals surface area contributed by atoms with E-state index in [4.69, 9.17) is 0 Å². The third-order valence-corrected chi connectivity index (χ3v) is 6.15. The van der Waals surface area contributed by atoms with Gasteiger partial charge in [0.25, 0.3) is 0 Å². The second-order valence-electron chi connectivity index (χ2n) is 8.10. The fourth-order valence-corrected chi connectivity index (χ4v) is 4.42. The number of benzene rings is 1. The number of nitriles is 1. The van der Waals surface area contributed by atoms with Crippen molar-refractivity contribution in [1.29, 1.82) is 5.26 Å². The van der Waals surface area contributed by atoms with Crippen LogP contribution >= 0.6 is 0 Å². The molecule has 1 unspecified atom stereocenters. The van der Waals surface area contributed by atoms with Crippen LogP contribution in [0.25, 0.3) is 5.65 Å². The number of nitrogens with zero attached hydrogens (tertiary/aromatic N) is 5. The zero-order chi connectivity index (χ0) is 21.5. The van der Waals surface area contributed by atoms with Crippen LogP contribution in [0.4, 0.5) is 23.0 Å². The van der Waals surface area contributed by atoms with E-state index in [0.29, 0.717) is 41.9 Å². The van der Waals surface area contributed by atoms with Crippen molar-refractivity contribution in [2.24, 2.45) is 0 Å². The van der Waals surface area contributed by atoms with Gasteiger partial charge in [-0.3, -0.25) is 0 Å². The van der Waals surface area contributed by atoms with E-state index in [0.717, 1.165) is 35.6 Å². The van der Waals surface area contributed by atoms with Crippen LogP contribution in [0, 0.1) is 11.3 Å². The quantitative estimate of drug-likeness (QED) is 0.479. The zero-order valence-electron chi connectivity index (χ0n) is 17.1. The number of aliphatic hydroxyl groups excluding tert-OH is 1. The lowest BCUT2D eigenvalue weighted by Gasteiger charge is -2.39. The van der Waals surface area contributed by atoms with Crippen molar-refractivity contribution in [2.75, 3.05) is 34.9 Å². The zero-order valence-corrected chi connectivity index (χ0v) is 17.9. The van der Waals surface area contributed by atoms with E-state index in [-0.39, 0.29) is 6.10 Å². The first-order valence-electron chi connectivity index (χ1n) is 10.2. The Balaban J connectivity index is 1.47. The van der Waals surface area contributed by atoms with Crippen molar-refractivity contribution in [1.82, 2.24) is 14.6 Å². The molecule has 1 aromatic carbocycles. The maximum absolute atomic E-state index is 11.9. The fourth-order valence-electron chi connectivity index (χ4n) is 3.75. The van der Waals surface area contributed by atoms with E-state index in [1.165, 1.54) is 6.20 Å². The van der Waals surface area contributed by atoms with E-state index in [9.17, 15) is 14.9 Å². The van der Waals surface area contributed by atoms with E-state index < -0.39 is 11.2 Å². The molecule has 1 saturated carbocycles. The summed E-state index contributed by atoms with van der Waals surface area (Å²) in [6.45, 7) is 1.17. The maximum atomic E-state index is 11.9. The number of β-amino-alcohol motifs (C(OH)–C–C–N with tert-alkyl or cyclic N) is 1. The number of aromatic nitrogens is 3. The normalized spacial score (nSPS) is 17.3. The van der Waals surface area contributed by atoms with E-state index in [2.05, 4.69) is 31.7 Å². The lowest BCUT2D eigenvalue weighted by Crippen LogP contribution is -2.51. The highest BCUT2D eigenvalue weighted by Gasteiger charge is 2.27. The van der Waals surface area contributed by atoms with Crippen LogP contribution in [0.3, 0.4) is 0 Å². The van der Waals surface area contributed by atoms with Crippen molar-refractivity contribution in [3.05, 3.63) is 41.6 Å². The summed E-state index contributed by atoms with van der Waals surface area (Å²) >= 11 is -0.996. The second-order valence-corrected chi connectivity index (χ2v) is 9.53. The molecule has 5 rings (SSSR count). The Morgan fingerprint density at radius 1 is 1.32 bits per heavy atom. The Morgan fingerprint density at radius 3 is 2.81 bits per heavy atom. The van der Waals surface area contributed by atoms with Crippen LogP contribution < -0.4 is 15.5 Å². The summed E-state index contributed by atoms with van der Waals surface area (Å²) in [6.07, 6.45) is 5.13. The SMILES string of the molecule is C[S+]([O-])Cc1cc(Nc2cc(NC3CC3)n3ncc(C#N)c3n2)ccc1N1CC(O)C1. The molecule has 31 heavy (non-hydrogen) atoms. The minimum Gasteiger partial charge on any atom is -0.616 e. The summed E-state index contributed by atoms with van der Waals surface area (Å²) in [6, 6.07) is 10.4. The number of hydrogen-bond donors (Lipinski definition) is 3. The van der Waals surface area contributed by atoms with Crippen molar-refractivity contribution >= 4 is 39.8 Å². The summed E-state index contributed by atoms with van der Waals surface area (Å²) in [5.74, 6) is 1.82. The van der Waals surface area contributed by atoms with Crippen molar-refractivity contribution < 1.29 is 9.66 Å². The molecule has 2 aromatic heterocycles. The Morgan fingerprint density at radius 2 is 2.13 bits per heavy atom. The van der Waals surface area contributed by atoms with Gasteiger partial charge in [0.2, 0.25) is 0 Å². The number of anilines is 4. The number of rotatable bonds is 7. The molecule has 0 radical (unpaired) electrons. The summed E-state index contributed by atoms with van der Waals surface area (Å²) in [7, 11) is 0. The molecule has 10 heteroatoms. The Kier molecular flexibility index (Phi) is 5.09. The third kappa shape index (κ3) is 4.12. The molecule has 160 valence electrons. The maximum Gasteiger partial charge on any atom is 0.177 e. The molecular weight excluding hydrogens is 414 g/mol. The molecule has 1 aliphatic carbocycles. The first-order valence-corrected chi connectivity index (χ1v) is 11.9. The molecule has 3 aromatic rings. The molecular formula is C21H23N7O2S. The lowest BCUT2D eigenvalue weighted by atomic mass is 10.1. The molecule has 9 nitrogen and oxygen atoms in total. The largest absolute Gasteiger partial charge is 0.616 e. The van der Waals surface area contributed by atoms with Crippen LogP contribution in [0.5, 0.6) is 0 Å². The number of fused-ring (bicyclic) bond motifs is 1. The number of nitrogens with one attached hydrogen (secondary N) is 2. The topological polar surface area (TPSA) is 125 Å². The average molecular weight is 438 g/mol. The standard InChI is InChI=1S/C21H23N7O2S/c1-31(30)12-13-6-16(4-5-18(13)27-10-17(29)11-27)24-19-7-20(25-15-2-3-15)28-21(26-19)14(8-22)9-23-28/h4-7,9,15,17,25,29H,2-3,10-12H2,1H3,(H,24,26). The first-order chi connectivity index (χ1) is 15.0. The Hall–Kier alpha value is -3.00. The van der Waals surface area contributed by atoms with Crippen LogP contribution in [0.1, 0.15) is 24.0 Å². The minimum atomic E-state index is -0.996. The van der Waals surface area contributed by atoms with Crippen LogP contribution in [0.15, 0.2) is 30.5 Å². The summed E-state index contributed by atoms with van der Waals surface area (Å²) < 4.78 is 13.6. The fraction of sp³-hybridized carbons (Fsp3) is 0.381. The van der Waals surface area contributed by atoms with Gasteiger partial charge in [0.05, 0.1) is 18.6 Å². The van der Waals surface area contributed by atoms with E-state index in [1.54, 1.807) is 10.8 Å². The predicted octanol–water partition coefficient (Wildman–Crippen LogP) is 1.98. The smallest absolute Gasteiger partial charge is 0.177 e. The number of hydrogen-bond acceptors (Lipinski definition) is 8. The molecule has 0 bridgehead atoms. The molecule has 1 aliphatic heterocycles. The number of aliphatic hydroxyl groups is 1.